The largest absolute Gasteiger partial charge is 0.459 e. The molecule has 3 aliphatic rings. The van der Waals surface area contributed by atoms with Gasteiger partial charge in [-0.1, -0.05) is 36.4 Å². The molecule has 2 aromatic carbocycles. The molecule has 1 N–H and O–H groups in total. The second kappa shape index (κ2) is 12.1. The summed E-state index contributed by atoms with van der Waals surface area (Å²) in [5.74, 6) is -4.81. The normalized spacial score (nSPS) is 35.1. The number of rotatable bonds is 7. The lowest BCUT2D eigenvalue weighted by Gasteiger charge is -2.65. The fraction of sp³-hybridized carbons (Fsp3) is 0.514. The van der Waals surface area contributed by atoms with Crippen LogP contribution in [0.1, 0.15) is 75.6 Å². The third-order valence-electron chi connectivity index (χ3n) is 9.72. The molecule has 1 aliphatic heterocycles. The summed E-state index contributed by atoms with van der Waals surface area (Å²) >= 11 is 0. The number of benzene rings is 2. The zero-order valence-electron chi connectivity index (χ0n) is 27.4. The van der Waals surface area contributed by atoms with Crippen molar-refractivity contribution in [1.29, 1.82) is 0 Å². The lowest BCUT2D eigenvalue weighted by Crippen LogP contribution is -2.83. The molecule has 1 heterocycles. The van der Waals surface area contributed by atoms with Gasteiger partial charge in [0.05, 0.1) is 33.7 Å². The Bertz CT molecular complexity index is 1550. The maximum absolute atomic E-state index is 13.8. The second-order valence-electron chi connectivity index (χ2n) is 13.4. The summed E-state index contributed by atoms with van der Waals surface area (Å²) in [5, 5.41) is 12.5. The maximum Gasteiger partial charge on any atom is 0.338 e. The zero-order chi connectivity index (χ0) is 34.5. The van der Waals surface area contributed by atoms with E-state index in [2.05, 4.69) is 0 Å². The number of ether oxygens (including phenoxy) is 6. The van der Waals surface area contributed by atoms with Gasteiger partial charge in [0.15, 0.2) is 12.2 Å². The molecular formula is C35H40O12. The lowest BCUT2D eigenvalue weighted by atomic mass is 9.46. The minimum Gasteiger partial charge on any atom is -0.459 e. The predicted octanol–water partition coefficient (Wildman–Crippen LogP) is 3.57. The van der Waals surface area contributed by atoms with E-state index in [1.165, 1.54) is 58.9 Å². The van der Waals surface area contributed by atoms with Crippen LogP contribution in [0.15, 0.2) is 60.7 Å². The molecule has 12 heteroatoms. The van der Waals surface area contributed by atoms with E-state index in [-0.39, 0.29) is 17.5 Å². The third kappa shape index (κ3) is 5.57. The molecule has 3 fully saturated rings. The van der Waals surface area contributed by atoms with Gasteiger partial charge in [-0.2, -0.15) is 0 Å². The molecule has 0 amide bonds. The van der Waals surface area contributed by atoms with Crippen LogP contribution in [0.25, 0.3) is 0 Å². The highest BCUT2D eigenvalue weighted by Gasteiger charge is 2.87. The van der Waals surface area contributed by atoms with Gasteiger partial charge in [0.25, 0.3) is 0 Å². The van der Waals surface area contributed by atoms with Gasteiger partial charge in [0.2, 0.25) is 0 Å². The quantitative estimate of drug-likeness (QED) is 0.343. The number of carbonyl (C=O) groups is 5. The van der Waals surface area contributed by atoms with Crippen molar-refractivity contribution in [2.75, 3.05) is 0 Å². The summed E-state index contributed by atoms with van der Waals surface area (Å²) < 4.78 is 37.0. The van der Waals surface area contributed by atoms with Crippen LogP contribution in [0.4, 0.5) is 0 Å². The Labute approximate surface area is 272 Å². The van der Waals surface area contributed by atoms with Crippen LogP contribution < -0.4 is 0 Å². The molecule has 2 aliphatic carbocycles. The van der Waals surface area contributed by atoms with Gasteiger partial charge in [0.1, 0.15) is 23.9 Å². The van der Waals surface area contributed by atoms with Crippen molar-refractivity contribution < 1.29 is 57.5 Å². The molecule has 9 atom stereocenters. The Balaban J connectivity index is 1.81. The number of fused-ring (bicyclic) bond motifs is 1. The topological polar surface area (TPSA) is 161 Å². The van der Waals surface area contributed by atoms with Gasteiger partial charge in [-0.3, -0.25) is 14.4 Å². The highest BCUT2D eigenvalue weighted by atomic mass is 16.6. The van der Waals surface area contributed by atoms with Gasteiger partial charge in [-0.25, -0.2) is 9.59 Å². The van der Waals surface area contributed by atoms with E-state index in [4.69, 9.17) is 28.4 Å². The van der Waals surface area contributed by atoms with Gasteiger partial charge >= 0.3 is 29.8 Å². The Morgan fingerprint density at radius 3 is 1.60 bits per heavy atom. The van der Waals surface area contributed by atoms with Gasteiger partial charge < -0.3 is 33.5 Å². The molecule has 0 radical (unpaired) electrons. The molecule has 47 heavy (non-hydrogen) atoms. The van der Waals surface area contributed by atoms with E-state index in [9.17, 15) is 29.1 Å². The zero-order valence-corrected chi connectivity index (χ0v) is 27.4. The van der Waals surface area contributed by atoms with Crippen molar-refractivity contribution in [2.24, 2.45) is 11.3 Å². The second-order valence-corrected chi connectivity index (χ2v) is 13.4. The molecular weight excluding hydrogens is 612 g/mol. The molecule has 0 unspecified atom stereocenters. The van der Waals surface area contributed by atoms with Crippen LogP contribution in [0.3, 0.4) is 0 Å². The molecule has 2 aromatic rings. The first-order chi connectivity index (χ1) is 22.0. The number of hydrogen-bond donors (Lipinski definition) is 1. The van der Waals surface area contributed by atoms with E-state index in [0.29, 0.717) is 0 Å². The number of hydrogen-bond acceptors (Lipinski definition) is 12. The summed E-state index contributed by atoms with van der Waals surface area (Å²) in [7, 11) is 0. The van der Waals surface area contributed by atoms with E-state index >= 15 is 0 Å². The molecule has 5 rings (SSSR count). The average Bonchev–Trinajstić information content (AvgIpc) is 3.19. The molecule has 0 aromatic heterocycles. The SMILES string of the molecule is CC(=O)O[C@H]1[C@@H]2[C@@H](OC(C)=O)[C@@]3(OC2(C)C)[C@](C)([C@H]1OC(=O)c1ccccc1)[C@@H](OC(=O)c1ccccc1)[C@H](OC(C)=O)C[C@]3(C)O. The summed E-state index contributed by atoms with van der Waals surface area (Å²) in [4.78, 5) is 65.6. The number of carbonyl (C=O) groups excluding carboxylic acids is 5. The van der Waals surface area contributed by atoms with Crippen LogP contribution in [-0.2, 0) is 42.8 Å². The molecule has 2 saturated carbocycles. The molecule has 2 bridgehead atoms. The van der Waals surface area contributed by atoms with Gasteiger partial charge in [-0.15, -0.1) is 0 Å². The van der Waals surface area contributed by atoms with Crippen LogP contribution in [0.5, 0.6) is 0 Å². The van der Waals surface area contributed by atoms with Crippen molar-refractivity contribution in [3.63, 3.8) is 0 Å². The van der Waals surface area contributed by atoms with Crippen LogP contribution in [-0.4, -0.2) is 82.3 Å². The predicted molar refractivity (Wildman–Crippen MR) is 163 cm³/mol. The van der Waals surface area contributed by atoms with Gasteiger partial charge in [0, 0.05) is 27.2 Å². The standard InChI is InChI=1S/C35H40O12/c1-19(36)42-24-18-33(6,41)35-28(44-21(3)38)25(32(4,5)47-35)26(43-20(2)37)29(46-31(40)23-16-12-9-13-17-23)34(35,7)27(24)45-30(39)22-14-10-8-11-15-22/h8-17,24-29,41H,18H2,1-7H3/t24-,25-,26+,27+,28-,29+,33+,34+,35+/m1/s1. The van der Waals surface area contributed by atoms with Crippen molar-refractivity contribution in [3.8, 4) is 0 Å². The average molecular weight is 653 g/mol. The van der Waals surface area contributed by atoms with Crippen molar-refractivity contribution >= 4 is 29.8 Å². The van der Waals surface area contributed by atoms with E-state index in [1.807, 2.05) is 0 Å². The lowest BCUT2D eigenvalue weighted by molar-refractivity contribution is -0.350. The summed E-state index contributed by atoms with van der Waals surface area (Å²) in [6.07, 6.45) is -7.32. The van der Waals surface area contributed by atoms with Crippen LogP contribution >= 0.6 is 0 Å². The van der Waals surface area contributed by atoms with Gasteiger partial charge in [-0.05, 0) is 52.0 Å². The van der Waals surface area contributed by atoms with Crippen LogP contribution in [0.2, 0.25) is 0 Å². The fourth-order valence-corrected chi connectivity index (χ4v) is 8.17. The highest BCUT2D eigenvalue weighted by Crippen LogP contribution is 2.69. The molecule has 1 saturated heterocycles. The number of esters is 5. The van der Waals surface area contributed by atoms with Crippen molar-refractivity contribution in [1.82, 2.24) is 0 Å². The minimum atomic E-state index is -1.98. The van der Waals surface area contributed by atoms with E-state index < -0.39 is 88.5 Å². The third-order valence-corrected chi connectivity index (χ3v) is 9.72. The monoisotopic (exact) mass is 652 g/mol. The Morgan fingerprint density at radius 2 is 1.13 bits per heavy atom. The first-order valence-corrected chi connectivity index (χ1v) is 15.4. The highest BCUT2D eigenvalue weighted by molar-refractivity contribution is 5.90. The molecule has 12 nitrogen and oxygen atoms in total. The Kier molecular flexibility index (Phi) is 8.74. The van der Waals surface area contributed by atoms with Crippen LogP contribution in [0, 0.1) is 11.3 Å². The van der Waals surface area contributed by atoms with E-state index in [0.717, 1.165) is 0 Å². The van der Waals surface area contributed by atoms with Crippen molar-refractivity contribution in [3.05, 3.63) is 71.8 Å². The summed E-state index contributed by atoms with van der Waals surface area (Å²) in [6.45, 7) is 9.87. The number of aliphatic hydroxyl groups is 1. The molecule has 1 spiro atoms. The summed E-state index contributed by atoms with van der Waals surface area (Å²) in [6, 6.07) is 16.1. The van der Waals surface area contributed by atoms with E-state index in [1.54, 1.807) is 50.2 Å². The first kappa shape index (κ1) is 34.1. The Hall–Kier alpha value is -4.29. The minimum absolute atomic E-state index is 0.163. The summed E-state index contributed by atoms with van der Waals surface area (Å²) in [5.41, 5.74) is -6.83. The first-order valence-electron chi connectivity index (χ1n) is 15.4. The fourth-order valence-electron chi connectivity index (χ4n) is 8.17. The molecule has 252 valence electrons. The maximum atomic E-state index is 13.8. The van der Waals surface area contributed by atoms with Crippen molar-refractivity contribution in [2.45, 2.75) is 102 Å². The Morgan fingerprint density at radius 1 is 0.660 bits per heavy atom. The smallest absolute Gasteiger partial charge is 0.338 e.